The van der Waals surface area contributed by atoms with Crippen LogP contribution < -0.4 is 10.1 Å². The van der Waals surface area contributed by atoms with E-state index in [4.69, 9.17) is 9.15 Å². The highest BCUT2D eigenvalue weighted by Crippen LogP contribution is 2.42. The summed E-state index contributed by atoms with van der Waals surface area (Å²) in [6.45, 7) is 4.39. The van der Waals surface area contributed by atoms with Gasteiger partial charge in [0.1, 0.15) is 5.76 Å². The molecule has 0 spiro atoms. The summed E-state index contributed by atoms with van der Waals surface area (Å²) >= 11 is 0. The number of benzene rings is 2. The summed E-state index contributed by atoms with van der Waals surface area (Å²) in [4.78, 5) is 13.1. The van der Waals surface area contributed by atoms with Gasteiger partial charge in [-0.3, -0.25) is 4.79 Å². The number of amides is 1. The van der Waals surface area contributed by atoms with Crippen LogP contribution in [0.25, 0.3) is 16.7 Å². The summed E-state index contributed by atoms with van der Waals surface area (Å²) in [5.74, 6) is 1.43. The lowest BCUT2D eigenvalue weighted by molar-refractivity contribution is 0.0929. The number of aromatic nitrogens is 3. The Morgan fingerprint density at radius 1 is 1.23 bits per heavy atom. The minimum atomic E-state index is -0.330. The summed E-state index contributed by atoms with van der Waals surface area (Å²) in [7, 11) is 0. The van der Waals surface area contributed by atoms with Gasteiger partial charge in [0.15, 0.2) is 17.0 Å². The fourth-order valence-corrected chi connectivity index (χ4v) is 3.81. The third-order valence-electron chi connectivity index (χ3n) is 5.49. The maximum atomic E-state index is 13.1. The molecule has 1 N–H and O–H groups in total. The SMILES string of the molecule is CCOc1cccc2cc(C(C)NC(=O)c3nnn(-c4ccccc4)c3C3CC3)oc12. The Balaban J connectivity index is 1.41. The highest BCUT2D eigenvalue weighted by Gasteiger charge is 2.34. The maximum absolute atomic E-state index is 13.1. The second-order valence-electron chi connectivity index (χ2n) is 7.80. The number of nitrogens with one attached hydrogen (secondary N) is 1. The number of ether oxygens (including phenoxy) is 1. The van der Waals surface area contributed by atoms with Crippen LogP contribution in [0.3, 0.4) is 0 Å². The van der Waals surface area contributed by atoms with Gasteiger partial charge in [0, 0.05) is 11.3 Å². The fourth-order valence-electron chi connectivity index (χ4n) is 3.81. The Labute approximate surface area is 180 Å². The highest BCUT2D eigenvalue weighted by molar-refractivity contribution is 5.94. The van der Waals surface area contributed by atoms with E-state index < -0.39 is 0 Å². The lowest BCUT2D eigenvalue weighted by Crippen LogP contribution is -2.27. The van der Waals surface area contributed by atoms with Crippen molar-refractivity contribution in [2.45, 2.75) is 38.6 Å². The van der Waals surface area contributed by atoms with Gasteiger partial charge in [0.25, 0.3) is 5.91 Å². The predicted octanol–water partition coefficient (Wildman–Crippen LogP) is 4.78. The highest BCUT2D eigenvalue weighted by atomic mass is 16.5. The monoisotopic (exact) mass is 416 g/mol. The molecule has 2 heterocycles. The summed E-state index contributed by atoms with van der Waals surface area (Å²) in [5, 5.41) is 12.5. The van der Waals surface area contributed by atoms with Crippen LogP contribution in [0.2, 0.25) is 0 Å². The molecular formula is C24H24N4O3. The van der Waals surface area contributed by atoms with Gasteiger partial charge in [-0.2, -0.15) is 0 Å². The summed E-state index contributed by atoms with van der Waals surface area (Å²) in [6, 6.07) is 17.2. The second-order valence-corrected chi connectivity index (χ2v) is 7.80. The van der Waals surface area contributed by atoms with Crippen molar-refractivity contribution in [3.05, 3.63) is 71.7 Å². The van der Waals surface area contributed by atoms with Crippen molar-refractivity contribution in [1.82, 2.24) is 20.3 Å². The molecular weight excluding hydrogens is 392 g/mol. The summed E-state index contributed by atoms with van der Waals surface area (Å²) in [6.07, 6.45) is 2.08. The van der Waals surface area contributed by atoms with E-state index >= 15 is 0 Å². The van der Waals surface area contributed by atoms with Crippen LogP contribution in [0.15, 0.2) is 59.0 Å². The van der Waals surface area contributed by atoms with Crippen LogP contribution in [0.4, 0.5) is 0 Å². The molecule has 0 aliphatic heterocycles. The van der Waals surface area contributed by atoms with Crippen molar-refractivity contribution in [2.75, 3.05) is 6.61 Å². The molecule has 7 heteroatoms. The lowest BCUT2D eigenvalue weighted by Gasteiger charge is -2.11. The standard InChI is InChI=1S/C24H24N4O3/c1-3-30-19-11-7-8-17-14-20(31-23(17)19)15(2)25-24(29)21-22(16-12-13-16)28(27-26-21)18-9-5-4-6-10-18/h4-11,14-16H,3,12-13H2,1-2H3,(H,25,29). The summed E-state index contributed by atoms with van der Waals surface area (Å²) < 4.78 is 13.5. The third kappa shape index (κ3) is 3.67. The first-order valence-corrected chi connectivity index (χ1v) is 10.6. The van der Waals surface area contributed by atoms with Crippen LogP contribution in [0.5, 0.6) is 5.75 Å². The second kappa shape index (κ2) is 7.91. The van der Waals surface area contributed by atoms with E-state index in [1.54, 1.807) is 4.68 Å². The fraction of sp³-hybridized carbons (Fsp3) is 0.292. The Hall–Kier alpha value is -3.61. The largest absolute Gasteiger partial charge is 0.490 e. The molecule has 1 aliphatic rings. The van der Waals surface area contributed by atoms with E-state index in [2.05, 4.69) is 15.6 Å². The molecule has 5 rings (SSSR count). The number of carbonyl (C=O) groups excluding carboxylic acids is 1. The topological polar surface area (TPSA) is 82.2 Å². The molecule has 1 atom stereocenters. The normalized spacial score (nSPS) is 14.5. The van der Waals surface area contributed by atoms with Crippen LogP contribution in [0.1, 0.15) is 60.6 Å². The van der Waals surface area contributed by atoms with Crippen LogP contribution in [-0.4, -0.2) is 27.5 Å². The van der Waals surface area contributed by atoms with Gasteiger partial charge >= 0.3 is 0 Å². The van der Waals surface area contributed by atoms with Gasteiger partial charge in [-0.15, -0.1) is 5.10 Å². The van der Waals surface area contributed by atoms with Crippen molar-refractivity contribution in [3.63, 3.8) is 0 Å². The zero-order valence-corrected chi connectivity index (χ0v) is 17.5. The van der Waals surface area contributed by atoms with Gasteiger partial charge in [0.05, 0.1) is 24.0 Å². The molecule has 31 heavy (non-hydrogen) atoms. The Kier molecular flexibility index (Phi) is 4.94. The molecule has 4 aromatic rings. The van der Waals surface area contributed by atoms with Crippen molar-refractivity contribution in [1.29, 1.82) is 0 Å². The van der Waals surface area contributed by atoms with Gasteiger partial charge < -0.3 is 14.5 Å². The molecule has 2 aromatic carbocycles. The first-order valence-electron chi connectivity index (χ1n) is 10.6. The molecule has 0 bridgehead atoms. The van der Waals surface area contributed by atoms with E-state index in [1.807, 2.05) is 68.4 Å². The molecule has 0 radical (unpaired) electrons. The van der Waals surface area contributed by atoms with E-state index in [0.717, 1.165) is 29.6 Å². The average Bonchev–Trinajstić information content (AvgIpc) is 3.35. The predicted molar refractivity (Wildman–Crippen MR) is 117 cm³/mol. The van der Waals surface area contributed by atoms with E-state index in [1.165, 1.54) is 0 Å². The smallest absolute Gasteiger partial charge is 0.274 e. The first kappa shape index (κ1) is 19.4. The number of fused-ring (bicyclic) bond motifs is 1. The van der Waals surface area contributed by atoms with E-state index in [0.29, 0.717) is 35.3 Å². The Morgan fingerprint density at radius 3 is 2.77 bits per heavy atom. The number of furan rings is 1. The molecule has 158 valence electrons. The van der Waals surface area contributed by atoms with Crippen molar-refractivity contribution in [3.8, 4) is 11.4 Å². The Morgan fingerprint density at radius 2 is 2.03 bits per heavy atom. The minimum absolute atomic E-state index is 0.248. The van der Waals surface area contributed by atoms with Crippen LogP contribution >= 0.6 is 0 Å². The molecule has 2 aromatic heterocycles. The average molecular weight is 416 g/mol. The van der Waals surface area contributed by atoms with Crippen molar-refractivity contribution >= 4 is 16.9 Å². The molecule has 1 fully saturated rings. The molecule has 1 aliphatic carbocycles. The number of carbonyl (C=O) groups is 1. The number of nitrogens with zero attached hydrogens (tertiary/aromatic N) is 3. The van der Waals surface area contributed by atoms with Crippen LogP contribution in [-0.2, 0) is 0 Å². The molecule has 1 saturated carbocycles. The minimum Gasteiger partial charge on any atom is -0.490 e. The first-order chi connectivity index (χ1) is 15.2. The third-order valence-corrected chi connectivity index (χ3v) is 5.49. The number of para-hydroxylation sites is 2. The zero-order valence-electron chi connectivity index (χ0n) is 17.5. The van der Waals surface area contributed by atoms with Crippen molar-refractivity contribution < 1.29 is 13.9 Å². The number of hydrogen-bond donors (Lipinski definition) is 1. The zero-order chi connectivity index (χ0) is 21.4. The van der Waals surface area contributed by atoms with Crippen LogP contribution in [0, 0.1) is 0 Å². The van der Waals surface area contributed by atoms with Gasteiger partial charge in [-0.25, -0.2) is 4.68 Å². The molecule has 0 saturated heterocycles. The molecule has 1 unspecified atom stereocenters. The van der Waals surface area contributed by atoms with Gasteiger partial charge in [-0.1, -0.05) is 35.5 Å². The quantitative estimate of drug-likeness (QED) is 0.469. The van der Waals surface area contributed by atoms with Gasteiger partial charge in [0.2, 0.25) is 0 Å². The summed E-state index contributed by atoms with van der Waals surface area (Å²) in [5.41, 5.74) is 2.85. The molecule has 7 nitrogen and oxygen atoms in total. The lowest BCUT2D eigenvalue weighted by atomic mass is 10.1. The van der Waals surface area contributed by atoms with Gasteiger partial charge in [-0.05, 0) is 51.0 Å². The number of hydrogen-bond acceptors (Lipinski definition) is 5. The maximum Gasteiger partial charge on any atom is 0.274 e. The molecule has 1 amide bonds. The van der Waals surface area contributed by atoms with E-state index in [9.17, 15) is 4.79 Å². The van der Waals surface area contributed by atoms with E-state index in [-0.39, 0.29) is 11.9 Å². The number of rotatable bonds is 7. The Bertz CT molecular complexity index is 1220. The van der Waals surface area contributed by atoms with Crippen molar-refractivity contribution in [2.24, 2.45) is 0 Å².